The molecule has 0 bridgehead atoms. The van der Waals surface area contributed by atoms with Gasteiger partial charge in [-0.1, -0.05) is 0 Å². The topological polar surface area (TPSA) is 68.0 Å². The predicted molar refractivity (Wildman–Crippen MR) is 45.6 cm³/mol. The average Bonchev–Trinajstić information content (AvgIpc) is 2.53. The van der Waals surface area contributed by atoms with Crippen LogP contribution in [0.25, 0.3) is 11.0 Å². The molecule has 0 spiro atoms. The Labute approximate surface area is 86.1 Å². The summed E-state index contributed by atoms with van der Waals surface area (Å²) in [6.45, 7) is 1.31. The molecule has 0 saturated heterocycles. The summed E-state index contributed by atoms with van der Waals surface area (Å²) in [5, 5.41) is 12.1. The fourth-order valence-corrected chi connectivity index (χ4v) is 1.33. The van der Waals surface area contributed by atoms with Crippen LogP contribution in [0.15, 0.2) is 0 Å². The van der Waals surface area contributed by atoms with Crippen molar-refractivity contribution in [3.8, 4) is 0 Å². The maximum absolute atomic E-state index is 13.3. The molecule has 0 amide bonds. The minimum Gasteiger partial charge on any atom is -0.463 e. The standard InChI is InChI=1S/C8H4F3N3O2/c1-2-5-6(14(13-2)8(15)16)3(9)4(10)7(11)12-5/h1H3,(H,15,16). The highest BCUT2D eigenvalue weighted by Crippen LogP contribution is 2.22. The van der Waals surface area contributed by atoms with Gasteiger partial charge in [0.05, 0.1) is 5.69 Å². The van der Waals surface area contributed by atoms with Crippen LogP contribution in [0.5, 0.6) is 0 Å². The van der Waals surface area contributed by atoms with Crippen molar-refractivity contribution in [2.75, 3.05) is 0 Å². The minimum absolute atomic E-state index is 0.00444. The SMILES string of the molecule is Cc1nn(C(=O)O)c2c(F)c(F)c(F)nc12. The summed E-state index contributed by atoms with van der Waals surface area (Å²) in [7, 11) is 0. The molecule has 5 nitrogen and oxygen atoms in total. The number of hydrogen-bond donors (Lipinski definition) is 1. The van der Waals surface area contributed by atoms with Gasteiger partial charge in [-0.3, -0.25) is 0 Å². The smallest absolute Gasteiger partial charge is 0.432 e. The summed E-state index contributed by atoms with van der Waals surface area (Å²) < 4.78 is 39.2. The second-order valence-corrected chi connectivity index (χ2v) is 3.01. The zero-order valence-corrected chi connectivity index (χ0v) is 7.83. The van der Waals surface area contributed by atoms with Crippen LogP contribution < -0.4 is 0 Å². The van der Waals surface area contributed by atoms with Gasteiger partial charge in [0, 0.05) is 0 Å². The third-order valence-corrected chi connectivity index (χ3v) is 2.00. The lowest BCUT2D eigenvalue weighted by Crippen LogP contribution is -2.11. The fraction of sp³-hybridized carbons (Fsp3) is 0.125. The molecule has 0 radical (unpaired) electrons. The average molecular weight is 231 g/mol. The van der Waals surface area contributed by atoms with E-state index in [-0.39, 0.29) is 15.9 Å². The lowest BCUT2D eigenvalue weighted by Gasteiger charge is -1.98. The number of pyridine rings is 1. The number of carboxylic acid groups (broad SMARTS) is 1. The van der Waals surface area contributed by atoms with Crippen molar-refractivity contribution >= 4 is 17.1 Å². The summed E-state index contributed by atoms with van der Waals surface area (Å²) >= 11 is 0. The van der Waals surface area contributed by atoms with Gasteiger partial charge in [-0.25, -0.2) is 14.2 Å². The number of nitrogens with zero attached hydrogens (tertiary/aromatic N) is 3. The molecule has 0 aliphatic heterocycles. The highest BCUT2D eigenvalue weighted by molar-refractivity contribution is 5.86. The Bertz CT molecular complexity index is 608. The Morgan fingerprint density at radius 3 is 2.50 bits per heavy atom. The van der Waals surface area contributed by atoms with Gasteiger partial charge in [0.25, 0.3) is 5.95 Å². The van der Waals surface area contributed by atoms with Gasteiger partial charge in [-0.05, 0) is 6.92 Å². The Balaban J connectivity index is 2.99. The summed E-state index contributed by atoms with van der Waals surface area (Å²) in [5.41, 5.74) is -1.02. The van der Waals surface area contributed by atoms with Gasteiger partial charge in [-0.2, -0.15) is 18.6 Å². The van der Waals surface area contributed by atoms with Crippen LogP contribution in [-0.2, 0) is 0 Å². The highest BCUT2D eigenvalue weighted by atomic mass is 19.2. The first-order valence-electron chi connectivity index (χ1n) is 4.06. The molecule has 0 unspecified atom stereocenters. The normalized spacial score (nSPS) is 11.0. The van der Waals surface area contributed by atoms with E-state index in [1.54, 1.807) is 0 Å². The Morgan fingerprint density at radius 2 is 1.94 bits per heavy atom. The van der Waals surface area contributed by atoms with E-state index in [4.69, 9.17) is 5.11 Å². The van der Waals surface area contributed by atoms with E-state index in [1.165, 1.54) is 6.92 Å². The predicted octanol–water partition coefficient (Wildman–Crippen LogP) is 1.68. The molecule has 2 aromatic rings. The fourth-order valence-electron chi connectivity index (χ4n) is 1.33. The first kappa shape index (κ1) is 10.4. The van der Waals surface area contributed by atoms with Gasteiger partial charge >= 0.3 is 6.09 Å². The van der Waals surface area contributed by atoms with E-state index >= 15 is 0 Å². The van der Waals surface area contributed by atoms with Gasteiger partial charge < -0.3 is 5.11 Å². The Morgan fingerprint density at radius 1 is 1.31 bits per heavy atom. The molecule has 0 fully saturated rings. The molecule has 0 saturated carbocycles. The van der Waals surface area contributed by atoms with Crippen LogP contribution in [0, 0.1) is 24.5 Å². The lowest BCUT2D eigenvalue weighted by molar-refractivity contribution is 0.193. The largest absolute Gasteiger partial charge is 0.463 e. The lowest BCUT2D eigenvalue weighted by atomic mass is 10.3. The third-order valence-electron chi connectivity index (χ3n) is 2.00. The Hall–Kier alpha value is -2.12. The molecule has 2 aromatic heterocycles. The Kier molecular flexibility index (Phi) is 2.07. The van der Waals surface area contributed by atoms with Gasteiger partial charge in [0.1, 0.15) is 11.0 Å². The van der Waals surface area contributed by atoms with Crippen molar-refractivity contribution < 1.29 is 23.1 Å². The van der Waals surface area contributed by atoms with Crippen LogP contribution in [0.3, 0.4) is 0 Å². The molecular weight excluding hydrogens is 227 g/mol. The molecule has 16 heavy (non-hydrogen) atoms. The van der Waals surface area contributed by atoms with Crippen LogP contribution in [-0.4, -0.2) is 26.0 Å². The van der Waals surface area contributed by atoms with Crippen LogP contribution in [0.2, 0.25) is 0 Å². The summed E-state index contributed by atoms with van der Waals surface area (Å²) in [6.07, 6.45) is -1.61. The highest BCUT2D eigenvalue weighted by Gasteiger charge is 2.23. The monoisotopic (exact) mass is 231 g/mol. The summed E-state index contributed by atoms with van der Waals surface area (Å²) in [6, 6.07) is 0. The maximum atomic E-state index is 13.3. The number of halogens is 3. The second kappa shape index (κ2) is 3.19. The molecule has 8 heteroatoms. The van der Waals surface area contributed by atoms with Gasteiger partial charge in [-0.15, -0.1) is 0 Å². The molecule has 1 N–H and O–H groups in total. The number of aryl methyl sites for hydroxylation is 1. The number of carbonyl (C=O) groups is 1. The molecule has 0 aromatic carbocycles. The zero-order chi connectivity index (χ0) is 12.0. The van der Waals surface area contributed by atoms with E-state index in [1.807, 2.05) is 0 Å². The van der Waals surface area contributed by atoms with Crippen LogP contribution >= 0.6 is 0 Å². The van der Waals surface area contributed by atoms with Crippen molar-refractivity contribution in [1.82, 2.24) is 14.8 Å². The van der Waals surface area contributed by atoms with E-state index in [0.717, 1.165) is 0 Å². The first-order chi connectivity index (χ1) is 7.43. The van der Waals surface area contributed by atoms with Crippen molar-refractivity contribution in [2.45, 2.75) is 6.92 Å². The van der Waals surface area contributed by atoms with E-state index in [2.05, 4.69) is 10.1 Å². The second-order valence-electron chi connectivity index (χ2n) is 3.01. The van der Waals surface area contributed by atoms with Crippen LogP contribution in [0.1, 0.15) is 5.69 Å². The molecule has 84 valence electrons. The number of hydrogen-bond acceptors (Lipinski definition) is 3. The number of fused-ring (bicyclic) bond motifs is 1. The van der Waals surface area contributed by atoms with Crippen molar-refractivity contribution in [2.24, 2.45) is 0 Å². The van der Waals surface area contributed by atoms with Crippen molar-refractivity contribution in [1.29, 1.82) is 0 Å². The summed E-state index contributed by atoms with van der Waals surface area (Å²) in [4.78, 5) is 13.8. The number of aromatic nitrogens is 3. The molecular formula is C8H4F3N3O2. The van der Waals surface area contributed by atoms with E-state index in [9.17, 15) is 18.0 Å². The molecule has 0 aliphatic carbocycles. The molecule has 0 aliphatic rings. The van der Waals surface area contributed by atoms with E-state index < -0.39 is 29.2 Å². The molecule has 0 atom stereocenters. The first-order valence-corrected chi connectivity index (χ1v) is 4.06. The zero-order valence-electron chi connectivity index (χ0n) is 7.83. The minimum atomic E-state index is -1.82. The third kappa shape index (κ3) is 1.23. The van der Waals surface area contributed by atoms with E-state index in [0.29, 0.717) is 0 Å². The number of rotatable bonds is 0. The molecule has 2 rings (SSSR count). The van der Waals surface area contributed by atoms with Crippen molar-refractivity contribution in [3.05, 3.63) is 23.3 Å². The quantitative estimate of drug-likeness (QED) is 0.700. The van der Waals surface area contributed by atoms with Gasteiger partial charge in [0.2, 0.25) is 5.82 Å². The van der Waals surface area contributed by atoms with Crippen molar-refractivity contribution in [3.63, 3.8) is 0 Å². The van der Waals surface area contributed by atoms with Crippen LogP contribution in [0.4, 0.5) is 18.0 Å². The van der Waals surface area contributed by atoms with Gasteiger partial charge in [0.15, 0.2) is 5.82 Å². The summed E-state index contributed by atoms with van der Waals surface area (Å²) in [5.74, 6) is -5.07. The molecule has 2 heterocycles. The maximum Gasteiger partial charge on any atom is 0.432 e.